The topological polar surface area (TPSA) is 66.9 Å². The van der Waals surface area contributed by atoms with E-state index in [2.05, 4.69) is 20.8 Å². The van der Waals surface area contributed by atoms with Gasteiger partial charge >= 0.3 is 0 Å². The molecule has 2 aromatic rings. The van der Waals surface area contributed by atoms with E-state index in [-0.39, 0.29) is 5.91 Å². The summed E-state index contributed by atoms with van der Waals surface area (Å²) in [5.41, 5.74) is 2.87. The molecule has 0 unspecified atom stereocenters. The molecule has 1 aliphatic heterocycles. The van der Waals surface area contributed by atoms with E-state index in [1.807, 2.05) is 12.1 Å². The van der Waals surface area contributed by atoms with Crippen LogP contribution in [-0.2, 0) is 6.42 Å². The van der Waals surface area contributed by atoms with Crippen LogP contribution in [0.3, 0.4) is 0 Å². The zero-order chi connectivity index (χ0) is 13.2. The van der Waals surface area contributed by atoms with Crippen molar-refractivity contribution in [3.05, 3.63) is 46.6 Å². The van der Waals surface area contributed by atoms with E-state index in [1.54, 1.807) is 18.2 Å². The van der Waals surface area contributed by atoms with E-state index >= 15 is 0 Å². The Morgan fingerprint density at radius 1 is 1.26 bits per heavy atom. The third kappa shape index (κ3) is 2.51. The molecule has 1 aromatic carbocycles. The average Bonchev–Trinajstić information content (AvgIpc) is 2.88. The standard InChI is InChI=1S/C13H11ClN4O/c14-11-3-4-12(18-17-11)16-13(19)9-1-2-10-8(7-9)5-6-15-10/h1-4,7,15H,5-6H2,(H,16,18,19). The van der Waals surface area contributed by atoms with E-state index in [0.717, 1.165) is 24.2 Å². The summed E-state index contributed by atoms with van der Waals surface area (Å²) in [5.74, 6) is 0.180. The highest BCUT2D eigenvalue weighted by molar-refractivity contribution is 6.29. The number of fused-ring (bicyclic) bond motifs is 1. The Kier molecular flexibility index (Phi) is 3.05. The number of amides is 1. The Morgan fingerprint density at radius 2 is 2.16 bits per heavy atom. The van der Waals surface area contributed by atoms with Gasteiger partial charge in [-0.2, -0.15) is 0 Å². The minimum absolute atomic E-state index is 0.202. The number of hydrogen-bond donors (Lipinski definition) is 2. The van der Waals surface area contributed by atoms with Gasteiger partial charge in [0.05, 0.1) is 0 Å². The number of carbonyl (C=O) groups excluding carboxylic acids is 1. The molecule has 2 N–H and O–H groups in total. The van der Waals surface area contributed by atoms with Crippen molar-refractivity contribution in [1.82, 2.24) is 10.2 Å². The van der Waals surface area contributed by atoms with E-state index < -0.39 is 0 Å². The Morgan fingerprint density at radius 3 is 2.95 bits per heavy atom. The smallest absolute Gasteiger partial charge is 0.256 e. The van der Waals surface area contributed by atoms with Crippen LogP contribution < -0.4 is 10.6 Å². The first-order chi connectivity index (χ1) is 9.22. The number of rotatable bonds is 2. The normalized spacial score (nSPS) is 12.7. The second kappa shape index (κ2) is 4.85. The summed E-state index contributed by atoms with van der Waals surface area (Å²) >= 11 is 5.64. The summed E-state index contributed by atoms with van der Waals surface area (Å²) in [6.45, 7) is 0.920. The Hall–Kier alpha value is -2.14. The number of anilines is 2. The van der Waals surface area contributed by atoms with Gasteiger partial charge in [-0.1, -0.05) is 11.6 Å². The maximum atomic E-state index is 12.1. The van der Waals surface area contributed by atoms with Gasteiger partial charge in [0.15, 0.2) is 11.0 Å². The zero-order valence-electron chi connectivity index (χ0n) is 9.98. The Bertz CT molecular complexity index is 627. The molecule has 1 aromatic heterocycles. The van der Waals surface area contributed by atoms with Gasteiger partial charge in [-0.15, -0.1) is 10.2 Å². The molecule has 19 heavy (non-hydrogen) atoms. The fourth-order valence-electron chi connectivity index (χ4n) is 2.02. The first kappa shape index (κ1) is 11.9. The molecule has 0 saturated carbocycles. The molecule has 0 fully saturated rings. The molecule has 0 saturated heterocycles. The molecule has 96 valence electrons. The quantitative estimate of drug-likeness (QED) is 0.882. The average molecular weight is 275 g/mol. The van der Waals surface area contributed by atoms with Crippen LogP contribution in [0.2, 0.25) is 5.15 Å². The van der Waals surface area contributed by atoms with Crippen LogP contribution in [0, 0.1) is 0 Å². The van der Waals surface area contributed by atoms with Crippen molar-refractivity contribution in [2.75, 3.05) is 17.2 Å². The first-order valence-electron chi connectivity index (χ1n) is 5.90. The Labute approximate surface area is 115 Å². The zero-order valence-corrected chi connectivity index (χ0v) is 10.7. The lowest BCUT2D eigenvalue weighted by molar-refractivity contribution is 0.102. The maximum absolute atomic E-state index is 12.1. The summed E-state index contributed by atoms with van der Waals surface area (Å²) < 4.78 is 0. The molecule has 0 atom stereocenters. The fraction of sp³-hybridized carbons (Fsp3) is 0.154. The van der Waals surface area contributed by atoms with Crippen LogP contribution in [0.4, 0.5) is 11.5 Å². The van der Waals surface area contributed by atoms with Crippen molar-refractivity contribution in [3.8, 4) is 0 Å². The van der Waals surface area contributed by atoms with Crippen LogP contribution in [0.15, 0.2) is 30.3 Å². The molecule has 0 radical (unpaired) electrons. The molecule has 1 amide bonds. The van der Waals surface area contributed by atoms with E-state index in [9.17, 15) is 4.79 Å². The summed E-state index contributed by atoms with van der Waals surface area (Å²) in [6.07, 6.45) is 0.942. The van der Waals surface area contributed by atoms with Crippen molar-refractivity contribution >= 4 is 29.0 Å². The third-order valence-corrected chi connectivity index (χ3v) is 3.15. The number of hydrogen-bond acceptors (Lipinski definition) is 4. The van der Waals surface area contributed by atoms with Crippen molar-refractivity contribution in [2.45, 2.75) is 6.42 Å². The van der Waals surface area contributed by atoms with Crippen LogP contribution in [0.5, 0.6) is 0 Å². The van der Waals surface area contributed by atoms with Crippen LogP contribution in [0.1, 0.15) is 15.9 Å². The maximum Gasteiger partial charge on any atom is 0.256 e. The summed E-state index contributed by atoms with van der Waals surface area (Å²) in [6, 6.07) is 8.80. The van der Waals surface area contributed by atoms with Crippen molar-refractivity contribution in [3.63, 3.8) is 0 Å². The molecule has 0 spiro atoms. The summed E-state index contributed by atoms with van der Waals surface area (Å²) in [5, 5.41) is 13.7. The predicted octanol–water partition coefficient (Wildman–Crippen LogP) is 2.35. The molecule has 6 heteroatoms. The molecule has 1 aliphatic rings. The number of halogens is 1. The second-order valence-electron chi connectivity index (χ2n) is 4.24. The highest BCUT2D eigenvalue weighted by atomic mass is 35.5. The minimum Gasteiger partial charge on any atom is -0.384 e. The van der Waals surface area contributed by atoms with Gasteiger partial charge in [0, 0.05) is 17.8 Å². The molecule has 3 rings (SSSR count). The third-order valence-electron chi connectivity index (χ3n) is 2.95. The highest BCUT2D eigenvalue weighted by Gasteiger charge is 2.13. The van der Waals surface area contributed by atoms with E-state index in [4.69, 9.17) is 11.6 Å². The lowest BCUT2D eigenvalue weighted by Crippen LogP contribution is -2.13. The van der Waals surface area contributed by atoms with Crippen LogP contribution >= 0.6 is 11.6 Å². The number of nitrogens with zero attached hydrogens (tertiary/aromatic N) is 2. The van der Waals surface area contributed by atoms with Gasteiger partial charge in [0.1, 0.15) is 0 Å². The second-order valence-corrected chi connectivity index (χ2v) is 4.63. The first-order valence-corrected chi connectivity index (χ1v) is 6.27. The SMILES string of the molecule is O=C(Nc1ccc(Cl)nn1)c1ccc2c(c1)CCN2. The van der Waals surface area contributed by atoms with Gasteiger partial charge in [0.25, 0.3) is 5.91 Å². The van der Waals surface area contributed by atoms with Crippen molar-refractivity contribution < 1.29 is 4.79 Å². The van der Waals surface area contributed by atoms with Crippen molar-refractivity contribution in [2.24, 2.45) is 0 Å². The number of nitrogens with one attached hydrogen (secondary N) is 2. The van der Waals surface area contributed by atoms with Gasteiger partial charge in [-0.05, 0) is 42.3 Å². The minimum atomic E-state index is -0.202. The highest BCUT2D eigenvalue weighted by Crippen LogP contribution is 2.23. The lowest BCUT2D eigenvalue weighted by atomic mass is 10.1. The molecule has 0 aliphatic carbocycles. The van der Waals surface area contributed by atoms with Crippen LogP contribution in [-0.4, -0.2) is 22.6 Å². The molecule has 0 bridgehead atoms. The van der Waals surface area contributed by atoms with E-state index in [0.29, 0.717) is 16.5 Å². The predicted molar refractivity (Wildman–Crippen MR) is 73.6 cm³/mol. The van der Waals surface area contributed by atoms with Crippen LogP contribution in [0.25, 0.3) is 0 Å². The van der Waals surface area contributed by atoms with Gasteiger partial charge < -0.3 is 10.6 Å². The summed E-state index contributed by atoms with van der Waals surface area (Å²) in [7, 11) is 0. The number of benzene rings is 1. The molecule has 2 heterocycles. The van der Waals surface area contributed by atoms with E-state index in [1.165, 1.54) is 0 Å². The van der Waals surface area contributed by atoms with Crippen molar-refractivity contribution in [1.29, 1.82) is 0 Å². The summed E-state index contributed by atoms with van der Waals surface area (Å²) in [4.78, 5) is 12.1. The fourth-order valence-corrected chi connectivity index (χ4v) is 2.12. The van der Waals surface area contributed by atoms with Gasteiger partial charge in [-0.3, -0.25) is 4.79 Å². The van der Waals surface area contributed by atoms with Gasteiger partial charge in [0.2, 0.25) is 0 Å². The molecular weight excluding hydrogens is 264 g/mol. The molecular formula is C13H11ClN4O. The Balaban J connectivity index is 1.78. The molecule has 5 nitrogen and oxygen atoms in total. The number of carbonyl (C=O) groups is 1. The largest absolute Gasteiger partial charge is 0.384 e. The van der Waals surface area contributed by atoms with Gasteiger partial charge in [-0.25, -0.2) is 0 Å². The number of aromatic nitrogens is 2. The monoisotopic (exact) mass is 274 g/mol. The lowest BCUT2D eigenvalue weighted by Gasteiger charge is -2.05.